The van der Waals surface area contributed by atoms with Crippen LogP contribution in [0.4, 0.5) is 0 Å². The Balaban J connectivity index is 4.14. The Morgan fingerprint density at radius 1 is 1.22 bits per heavy atom. The van der Waals surface area contributed by atoms with Crippen molar-refractivity contribution >= 4 is 21.8 Å². The van der Waals surface area contributed by atoms with Gasteiger partial charge in [-0.15, -0.1) is 11.6 Å². The number of hydrogen-bond donors (Lipinski definition) is 0. The van der Waals surface area contributed by atoms with E-state index in [1.54, 1.807) is 0 Å². The average Bonchev–Trinajstić information content (AvgIpc) is 1.64. The molecule has 0 aromatic heterocycles. The molecule has 2 heteroatoms. The second kappa shape index (κ2) is 2.63. The highest BCUT2D eigenvalue weighted by Gasteiger charge is 2.31. The fourth-order valence-electron chi connectivity index (χ4n) is 0.200. The third-order valence-electron chi connectivity index (χ3n) is 2.36. The zero-order chi connectivity index (χ0) is 7.71. The van der Waals surface area contributed by atoms with Crippen LogP contribution in [0.25, 0.3) is 0 Å². The van der Waals surface area contributed by atoms with Crippen LogP contribution in [0.5, 0.6) is 0 Å². The topological polar surface area (TPSA) is 0 Å². The van der Waals surface area contributed by atoms with E-state index in [0.29, 0.717) is 10.5 Å². The van der Waals surface area contributed by atoms with Gasteiger partial charge in [0.05, 0.1) is 0 Å². The number of halogens is 1. The second-order valence-corrected chi connectivity index (χ2v) is 7.03. The van der Waals surface area contributed by atoms with Crippen LogP contribution in [0.2, 0.25) is 5.04 Å². The number of rotatable bonds is 2. The van der Waals surface area contributed by atoms with Crippen molar-refractivity contribution in [2.45, 2.75) is 32.7 Å². The first-order valence-electron chi connectivity index (χ1n) is 3.37. The molecule has 0 N–H and O–H groups in total. The molecule has 0 aromatic rings. The van der Waals surface area contributed by atoms with Crippen molar-refractivity contribution in [1.82, 2.24) is 0 Å². The maximum Gasteiger partial charge on any atom is 0.0276 e. The van der Waals surface area contributed by atoms with Gasteiger partial charge in [0.2, 0.25) is 0 Å². The lowest BCUT2D eigenvalue weighted by molar-refractivity contribution is 0.308. The van der Waals surface area contributed by atoms with Crippen molar-refractivity contribution in [3.63, 3.8) is 0 Å². The van der Waals surface area contributed by atoms with Crippen LogP contribution >= 0.6 is 11.6 Å². The molecule has 9 heavy (non-hydrogen) atoms. The molecule has 0 aromatic carbocycles. The predicted molar refractivity (Wildman–Crippen MR) is 48.5 cm³/mol. The van der Waals surface area contributed by atoms with E-state index in [9.17, 15) is 0 Å². The standard InChI is InChI=1S/C7H17ClSi/c1-6(2,5-8)7(3,4)9/h5H2,1-4,9H3. The second-order valence-electron chi connectivity index (χ2n) is 4.27. The molecule has 0 bridgehead atoms. The molecule has 56 valence electrons. The van der Waals surface area contributed by atoms with Crippen molar-refractivity contribution in [2.24, 2.45) is 5.41 Å². The lowest BCUT2D eigenvalue weighted by Crippen LogP contribution is -2.28. The van der Waals surface area contributed by atoms with E-state index in [1.165, 1.54) is 10.2 Å². The zero-order valence-electron chi connectivity index (χ0n) is 7.09. The third kappa shape index (κ3) is 2.30. The van der Waals surface area contributed by atoms with Gasteiger partial charge in [0, 0.05) is 16.1 Å². The summed E-state index contributed by atoms with van der Waals surface area (Å²) in [5.74, 6) is 0.767. The Hall–Kier alpha value is 0.507. The van der Waals surface area contributed by atoms with Crippen LogP contribution in [0, 0.1) is 5.41 Å². The first-order chi connectivity index (χ1) is 3.81. The van der Waals surface area contributed by atoms with Gasteiger partial charge in [0.1, 0.15) is 0 Å². The lowest BCUT2D eigenvalue weighted by Gasteiger charge is -2.37. The molecule has 0 fully saturated rings. The fraction of sp³-hybridized carbons (Fsp3) is 1.00. The van der Waals surface area contributed by atoms with E-state index in [0.717, 1.165) is 5.88 Å². The van der Waals surface area contributed by atoms with Crippen molar-refractivity contribution in [3.05, 3.63) is 0 Å². The molecular weight excluding hydrogens is 148 g/mol. The van der Waals surface area contributed by atoms with Crippen LogP contribution in [-0.4, -0.2) is 16.1 Å². The molecule has 0 aliphatic heterocycles. The van der Waals surface area contributed by atoms with Gasteiger partial charge < -0.3 is 0 Å². The Kier molecular flexibility index (Phi) is 2.78. The number of hydrogen-bond acceptors (Lipinski definition) is 0. The Morgan fingerprint density at radius 2 is 1.56 bits per heavy atom. The van der Waals surface area contributed by atoms with E-state index in [2.05, 4.69) is 27.7 Å². The molecule has 0 aliphatic rings. The molecule has 0 unspecified atom stereocenters. The van der Waals surface area contributed by atoms with Crippen molar-refractivity contribution in [2.75, 3.05) is 5.88 Å². The summed E-state index contributed by atoms with van der Waals surface area (Å²) in [5, 5.41) is 0.453. The summed E-state index contributed by atoms with van der Waals surface area (Å²) in [7, 11) is 1.21. The normalized spacial score (nSPS) is 14.3. The molecular formula is C7H17ClSi. The molecule has 0 radical (unpaired) electrons. The van der Waals surface area contributed by atoms with Gasteiger partial charge in [-0.05, 0) is 10.5 Å². The Morgan fingerprint density at radius 3 is 1.56 bits per heavy atom. The molecule has 0 heterocycles. The maximum absolute atomic E-state index is 5.80. The highest BCUT2D eigenvalue weighted by molar-refractivity contribution is 6.20. The van der Waals surface area contributed by atoms with E-state index in [1.807, 2.05) is 0 Å². The Bertz CT molecular complexity index is 91.6. The zero-order valence-corrected chi connectivity index (χ0v) is 9.84. The van der Waals surface area contributed by atoms with Crippen LogP contribution < -0.4 is 0 Å². The Labute approximate surface area is 66.4 Å². The SMILES string of the molecule is CC(C)([SiH3])C(C)(C)CCl. The molecule has 0 amide bonds. The van der Waals surface area contributed by atoms with Gasteiger partial charge in [0.15, 0.2) is 0 Å². The number of alkyl halides is 1. The molecule has 0 aliphatic carbocycles. The van der Waals surface area contributed by atoms with Gasteiger partial charge >= 0.3 is 0 Å². The van der Waals surface area contributed by atoms with Gasteiger partial charge in [-0.1, -0.05) is 27.7 Å². The molecule has 0 saturated carbocycles. The fourth-order valence-corrected chi connectivity index (χ4v) is 1.00. The summed E-state index contributed by atoms with van der Waals surface area (Å²) >= 11 is 5.80. The minimum Gasteiger partial charge on any atom is -0.126 e. The first-order valence-corrected chi connectivity index (χ1v) is 4.91. The van der Waals surface area contributed by atoms with E-state index in [4.69, 9.17) is 11.6 Å². The molecule has 0 spiro atoms. The van der Waals surface area contributed by atoms with Crippen molar-refractivity contribution < 1.29 is 0 Å². The average molecular weight is 165 g/mol. The van der Waals surface area contributed by atoms with Crippen LogP contribution in [0.1, 0.15) is 27.7 Å². The molecule has 0 rings (SSSR count). The molecule has 0 nitrogen and oxygen atoms in total. The lowest BCUT2D eigenvalue weighted by atomic mass is 9.82. The highest BCUT2D eigenvalue weighted by atomic mass is 35.5. The van der Waals surface area contributed by atoms with E-state index < -0.39 is 0 Å². The van der Waals surface area contributed by atoms with E-state index >= 15 is 0 Å². The summed E-state index contributed by atoms with van der Waals surface area (Å²) in [4.78, 5) is 0. The van der Waals surface area contributed by atoms with Crippen LogP contribution in [0.3, 0.4) is 0 Å². The van der Waals surface area contributed by atoms with Gasteiger partial charge in [-0.25, -0.2) is 0 Å². The highest BCUT2D eigenvalue weighted by Crippen LogP contribution is 2.42. The monoisotopic (exact) mass is 164 g/mol. The summed E-state index contributed by atoms with van der Waals surface area (Å²) in [6, 6.07) is 0. The van der Waals surface area contributed by atoms with Crippen LogP contribution in [0.15, 0.2) is 0 Å². The largest absolute Gasteiger partial charge is 0.126 e. The van der Waals surface area contributed by atoms with E-state index in [-0.39, 0.29) is 0 Å². The minimum absolute atomic E-state index is 0.306. The van der Waals surface area contributed by atoms with Gasteiger partial charge in [0.25, 0.3) is 0 Å². The summed E-state index contributed by atoms with van der Waals surface area (Å²) in [6.45, 7) is 9.02. The van der Waals surface area contributed by atoms with Crippen LogP contribution in [-0.2, 0) is 0 Å². The van der Waals surface area contributed by atoms with Gasteiger partial charge in [-0.2, -0.15) is 0 Å². The smallest absolute Gasteiger partial charge is 0.0276 e. The minimum atomic E-state index is 0.306. The van der Waals surface area contributed by atoms with Crippen molar-refractivity contribution in [3.8, 4) is 0 Å². The molecule has 0 atom stereocenters. The third-order valence-corrected chi connectivity index (χ3v) is 4.39. The predicted octanol–water partition coefficient (Wildman–Crippen LogP) is 1.82. The van der Waals surface area contributed by atoms with Crippen molar-refractivity contribution in [1.29, 1.82) is 0 Å². The molecule has 0 saturated heterocycles. The summed E-state index contributed by atoms with van der Waals surface area (Å²) in [5.41, 5.74) is 0.306. The van der Waals surface area contributed by atoms with Gasteiger partial charge in [-0.3, -0.25) is 0 Å². The quantitative estimate of drug-likeness (QED) is 0.432. The first kappa shape index (κ1) is 9.51. The summed E-state index contributed by atoms with van der Waals surface area (Å²) in [6.07, 6.45) is 0. The maximum atomic E-state index is 5.80. The summed E-state index contributed by atoms with van der Waals surface area (Å²) < 4.78 is 0.